The van der Waals surface area contributed by atoms with Crippen LogP contribution in [-0.4, -0.2) is 17.5 Å². The number of nitrogens with zero attached hydrogens (tertiary/aromatic N) is 1. The number of anilines is 1. The second-order valence-electron chi connectivity index (χ2n) is 4.32. The molecule has 4 nitrogen and oxygen atoms in total. The van der Waals surface area contributed by atoms with E-state index in [0.29, 0.717) is 10.2 Å². The fourth-order valence-corrected chi connectivity index (χ4v) is 2.10. The molecule has 0 atom stereocenters. The van der Waals surface area contributed by atoms with E-state index in [1.807, 2.05) is 25.1 Å². The van der Waals surface area contributed by atoms with Crippen LogP contribution < -0.4 is 10.1 Å². The minimum absolute atomic E-state index is 0.140. The molecule has 2 aromatic rings. The average Bonchev–Trinajstić information content (AvgIpc) is 2.48. The molecule has 0 aliphatic rings. The summed E-state index contributed by atoms with van der Waals surface area (Å²) in [5.74, 6) is 0.0483. The first-order chi connectivity index (χ1) is 10.1. The van der Waals surface area contributed by atoms with Crippen LogP contribution in [0.4, 0.5) is 10.2 Å². The molecule has 110 valence electrons. The highest BCUT2D eigenvalue weighted by atomic mass is 79.9. The summed E-state index contributed by atoms with van der Waals surface area (Å²) in [4.78, 5) is 15.6. The van der Waals surface area contributed by atoms with Crippen molar-refractivity contribution in [3.05, 3.63) is 52.4 Å². The van der Waals surface area contributed by atoms with Crippen LogP contribution in [0.2, 0.25) is 0 Å². The Balaban J connectivity index is 1.92. The van der Waals surface area contributed by atoms with Gasteiger partial charge in [0.25, 0.3) is 5.91 Å². The summed E-state index contributed by atoms with van der Waals surface area (Å²) in [6.07, 6.45) is 1.93. The van der Waals surface area contributed by atoms with Gasteiger partial charge < -0.3 is 10.1 Å². The number of benzene rings is 1. The third kappa shape index (κ3) is 4.53. The number of carbonyl (C=O) groups is 1. The van der Waals surface area contributed by atoms with Gasteiger partial charge in [0.05, 0.1) is 10.7 Å². The number of aryl methyl sites for hydroxylation is 1. The lowest BCUT2D eigenvalue weighted by Gasteiger charge is -2.09. The number of carbonyl (C=O) groups excluding carboxylic acids is 1. The van der Waals surface area contributed by atoms with Crippen molar-refractivity contribution in [2.75, 3.05) is 11.9 Å². The Morgan fingerprint density at radius 2 is 2.24 bits per heavy atom. The number of aromatic nitrogens is 1. The monoisotopic (exact) mass is 352 g/mol. The molecule has 6 heteroatoms. The number of amides is 1. The first kappa shape index (κ1) is 15.4. The van der Waals surface area contributed by atoms with Crippen LogP contribution in [0.5, 0.6) is 5.75 Å². The lowest BCUT2D eigenvalue weighted by Crippen LogP contribution is -2.21. The zero-order valence-corrected chi connectivity index (χ0v) is 13.0. The molecule has 0 saturated heterocycles. The van der Waals surface area contributed by atoms with E-state index in [1.54, 1.807) is 6.07 Å². The zero-order valence-electron chi connectivity index (χ0n) is 11.4. The van der Waals surface area contributed by atoms with Gasteiger partial charge in [0.2, 0.25) is 0 Å². The molecular weight excluding hydrogens is 339 g/mol. The normalized spacial score (nSPS) is 10.2. The van der Waals surface area contributed by atoms with Crippen LogP contribution in [0.25, 0.3) is 0 Å². The zero-order chi connectivity index (χ0) is 15.2. The Kier molecular flexibility index (Phi) is 5.27. The number of nitrogens with one attached hydrogen (secondary N) is 1. The van der Waals surface area contributed by atoms with Crippen LogP contribution in [0.15, 0.2) is 41.0 Å². The van der Waals surface area contributed by atoms with E-state index in [1.165, 1.54) is 6.07 Å². The van der Waals surface area contributed by atoms with Crippen LogP contribution >= 0.6 is 15.9 Å². The highest BCUT2D eigenvalue weighted by Crippen LogP contribution is 2.20. The van der Waals surface area contributed by atoms with Crippen molar-refractivity contribution in [2.24, 2.45) is 0 Å². The predicted molar refractivity (Wildman–Crippen MR) is 81.8 cm³/mol. The summed E-state index contributed by atoms with van der Waals surface area (Å²) < 4.78 is 18.7. The third-order valence-corrected chi connectivity index (χ3v) is 3.35. The van der Waals surface area contributed by atoms with E-state index in [0.717, 1.165) is 18.2 Å². The summed E-state index contributed by atoms with van der Waals surface area (Å²) in [6.45, 7) is 1.90. The molecule has 1 N–H and O–H groups in total. The minimum atomic E-state index is -0.479. The summed E-state index contributed by atoms with van der Waals surface area (Å²) >= 11 is 3.13. The summed E-state index contributed by atoms with van der Waals surface area (Å²) in [7, 11) is 0. The minimum Gasteiger partial charge on any atom is -0.484 e. The highest BCUT2D eigenvalue weighted by Gasteiger charge is 2.08. The van der Waals surface area contributed by atoms with E-state index in [2.05, 4.69) is 26.2 Å². The van der Waals surface area contributed by atoms with Gasteiger partial charge in [-0.2, -0.15) is 0 Å². The van der Waals surface area contributed by atoms with Crippen molar-refractivity contribution < 1.29 is 13.9 Å². The number of halogens is 2. The topological polar surface area (TPSA) is 51.2 Å². The highest BCUT2D eigenvalue weighted by molar-refractivity contribution is 9.10. The van der Waals surface area contributed by atoms with E-state index < -0.39 is 5.82 Å². The predicted octanol–water partition coefficient (Wildman–Crippen LogP) is 3.56. The largest absolute Gasteiger partial charge is 0.484 e. The molecule has 1 aromatic heterocycles. The van der Waals surface area contributed by atoms with E-state index in [-0.39, 0.29) is 18.3 Å². The number of hydrogen-bond acceptors (Lipinski definition) is 3. The lowest BCUT2D eigenvalue weighted by atomic mass is 10.2. The number of pyridine rings is 1. The van der Waals surface area contributed by atoms with Gasteiger partial charge in [-0.15, -0.1) is 0 Å². The first-order valence-corrected chi connectivity index (χ1v) is 7.20. The van der Waals surface area contributed by atoms with E-state index >= 15 is 0 Å². The third-order valence-electron chi connectivity index (χ3n) is 2.74. The quantitative estimate of drug-likeness (QED) is 0.894. The van der Waals surface area contributed by atoms with Crippen molar-refractivity contribution >= 4 is 27.7 Å². The van der Waals surface area contributed by atoms with Gasteiger partial charge in [0, 0.05) is 0 Å². The van der Waals surface area contributed by atoms with Crippen molar-refractivity contribution in [1.29, 1.82) is 0 Å². The van der Waals surface area contributed by atoms with Crippen LogP contribution in [-0.2, 0) is 11.2 Å². The molecule has 0 bridgehead atoms. The molecule has 0 radical (unpaired) electrons. The lowest BCUT2D eigenvalue weighted by molar-refractivity contribution is -0.118. The average molecular weight is 353 g/mol. The van der Waals surface area contributed by atoms with Crippen molar-refractivity contribution in [3.8, 4) is 5.75 Å². The summed E-state index contributed by atoms with van der Waals surface area (Å²) in [5.41, 5.74) is 1.14. The Morgan fingerprint density at radius 1 is 1.43 bits per heavy atom. The van der Waals surface area contributed by atoms with Crippen molar-refractivity contribution in [2.45, 2.75) is 13.3 Å². The maximum atomic E-state index is 12.9. The molecule has 1 heterocycles. The van der Waals surface area contributed by atoms with Gasteiger partial charge in [-0.05, 0) is 46.1 Å². The smallest absolute Gasteiger partial charge is 0.263 e. The molecule has 21 heavy (non-hydrogen) atoms. The van der Waals surface area contributed by atoms with E-state index in [4.69, 9.17) is 4.74 Å². The second-order valence-corrected chi connectivity index (χ2v) is 5.18. The molecular formula is C15H14BrFN2O2. The summed E-state index contributed by atoms with van der Waals surface area (Å²) in [5, 5.41) is 2.55. The maximum Gasteiger partial charge on any atom is 0.263 e. The molecule has 0 spiro atoms. The van der Waals surface area contributed by atoms with E-state index in [9.17, 15) is 9.18 Å². The summed E-state index contributed by atoms with van der Waals surface area (Å²) in [6, 6.07) is 8.78. The maximum absolute atomic E-state index is 12.9. The fraction of sp³-hybridized carbons (Fsp3) is 0.200. The molecule has 0 fully saturated rings. The SMILES string of the molecule is CCc1cccc(OCC(=O)Nc2ncc(F)cc2Br)c1. The van der Waals surface area contributed by atoms with Crippen LogP contribution in [0.3, 0.4) is 0 Å². The Hall–Kier alpha value is -1.95. The van der Waals surface area contributed by atoms with Gasteiger partial charge in [0.1, 0.15) is 17.4 Å². The van der Waals surface area contributed by atoms with Gasteiger partial charge >= 0.3 is 0 Å². The molecule has 0 unspecified atom stereocenters. The standard InChI is InChI=1S/C15H14BrFN2O2/c1-2-10-4-3-5-12(6-10)21-9-14(20)19-15-13(16)7-11(17)8-18-15/h3-8H,2,9H2,1H3,(H,18,19,20). The van der Waals surface area contributed by atoms with Crippen molar-refractivity contribution in [1.82, 2.24) is 4.98 Å². The van der Waals surface area contributed by atoms with Gasteiger partial charge in [-0.1, -0.05) is 19.1 Å². The van der Waals surface area contributed by atoms with Crippen LogP contribution in [0, 0.1) is 5.82 Å². The first-order valence-electron chi connectivity index (χ1n) is 6.41. The van der Waals surface area contributed by atoms with Gasteiger partial charge in [-0.25, -0.2) is 9.37 Å². The molecule has 2 rings (SSSR count). The fourth-order valence-electron chi connectivity index (χ4n) is 1.68. The van der Waals surface area contributed by atoms with Crippen molar-refractivity contribution in [3.63, 3.8) is 0 Å². The second kappa shape index (κ2) is 7.17. The molecule has 0 aliphatic heterocycles. The van der Waals surface area contributed by atoms with Gasteiger partial charge in [0.15, 0.2) is 6.61 Å². The Labute approximate surface area is 130 Å². The Morgan fingerprint density at radius 3 is 2.95 bits per heavy atom. The molecule has 0 saturated carbocycles. The number of hydrogen-bond donors (Lipinski definition) is 1. The molecule has 1 amide bonds. The molecule has 1 aromatic carbocycles. The number of rotatable bonds is 5. The number of ether oxygens (including phenoxy) is 1. The van der Waals surface area contributed by atoms with Crippen LogP contribution in [0.1, 0.15) is 12.5 Å². The van der Waals surface area contributed by atoms with Gasteiger partial charge in [-0.3, -0.25) is 4.79 Å². The molecule has 0 aliphatic carbocycles. The Bertz CT molecular complexity index is 649.